The molecule has 0 aliphatic carbocycles. The molecule has 26 heavy (non-hydrogen) atoms. The Morgan fingerprint density at radius 1 is 0.769 bits per heavy atom. The lowest BCUT2D eigenvalue weighted by Gasteiger charge is -2.09. The summed E-state index contributed by atoms with van der Waals surface area (Å²) in [5, 5.41) is 6.05. The maximum Gasteiger partial charge on any atom is 0.288 e. The summed E-state index contributed by atoms with van der Waals surface area (Å²) in [6.45, 7) is 0. The summed E-state index contributed by atoms with van der Waals surface area (Å²) in [6.07, 6.45) is 0. The Kier molecular flexibility index (Phi) is 5.86. The van der Waals surface area contributed by atoms with Crippen LogP contribution in [-0.2, 0) is 0 Å². The van der Waals surface area contributed by atoms with Gasteiger partial charge in [0.2, 0.25) is 0 Å². The molecule has 0 saturated carbocycles. The van der Waals surface area contributed by atoms with Crippen LogP contribution in [0.1, 0.15) is 10.4 Å². The Morgan fingerprint density at radius 3 is 1.96 bits per heavy atom. The number of amides is 1. The molecule has 0 heterocycles. The second-order valence-electron chi connectivity index (χ2n) is 5.43. The first-order valence-electron chi connectivity index (χ1n) is 7.88. The maximum atomic E-state index is 12.3. The quantitative estimate of drug-likeness (QED) is 0.523. The number of benzene rings is 3. The van der Waals surface area contributed by atoms with E-state index in [4.69, 9.17) is 0 Å². The van der Waals surface area contributed by atoms with E-state index in [1.54, 1.807) is 12.1 Å². The van der Waals surface area contributed by atoms with Gasteiger partial charge in [0.1, 0.15) is 0 Å². The van der Waals surface area contributed by atoms with Gasteiger partial charge < -0.3 is 10.6 Å². The molecule has 0 unspecified atom stereocenters. The van der Waals surface area contributed by atoms with Crippen molar-refractivity contribution in [3.05, 3.63) is 84.4 Å². The smallest absolute Gasteiger partial charge is 0.288 e. The summed E-state index contributed by atoms with van der Waals surface area (Å²) in [7, 11) is 0. The number of halogens is 2. The lowest BCUT2D eigenvalue weighted by molar-refractivity contribution is 0.102. The number of thioether (sulfide) groups is 1. The Morgan fingerprint density at radius 2 is 1.35 bits per heavy atom. The van der Waals surface area contributed by atoms with E-state index in [1.165, 1.54) is 24.3 Å². The van der Waals surface area contributed by atoms with Crippen molar-refractivity contribution in [3.8, 4) is 0 Å². The number of carbonyl (C=O) groups is 1. The van der Waals surface area contributed by atoms with E-state index >= 15 is 0 Å². The van der Waals surface area contributed by atoms with Gasteiger partial charge in [-0.2, -0.15) is 8.78 Å². The molecule has 3 aromatic carbocycles. The van der Waals surface area contributed by atoms with Gasteiger partial charge in [0, 0.05) is 27.5 Å². The molecule has 3 aromatic rings. The number of alkyl halides is 2. The Balaban J connectivity index is 1.60. The molecule has 3 rings (SSSR count). The van der Waals surface area contributed by atoms with Crippen molar-refractivity contribution in [1.82, 2.24) is 0 Å². The Hall–Kier alpha value is -2.86. The molecule has 6 heteroatoms. The zero-order valence-electron chi connectivity index (χ0n) is 13.7. The first-order valence-corrected chi connectivity index (χ1v) is 8.76. The van der Waals surface area contributed by atoms with E-state index in [9.17, 15) is 13.6 Å². The minimum absolute atomic E-state index is 0.289. The van der Waals surface area contributed by atoms with Crippen molar-refractivity contribution < 1.29 is 13.6 Å². The minimum Gasteiger partial charge on any atom is -0.356 e. The van der Waals surface area contributed by atoms with Gasteiger partial charge in [0.25, 0.3) is 11.7 Å². The van der Waals surface area contributed by atoms with Gasteiger partial charge >= 0.3 is 0 Å². The molecule has 0 bridgehead atoms. The third-order valence-electron chi connectivity index (χ3n) is 3.55. The Bertz CT molecular complexity index is 853. The molecule has 132 valence electrons. The van der Waals surface area contributed by atoms with Crippen LogP contribution < -0.4 is 10.6 Å². The lowest BCUT2D eigenvalue weighted by atomic mass is 10.2. The first kappa shape index (κ1) is 17.9. The molecule has 0 spiro atoms. The maximum absolute atomic E-state index is 12.3. The molecule has 0 fully saturated rings. The molecule has 3 nitrogen and oxygen atoms in total. The van der Waals surface area contributed by atoms with Crippen LogP contribution in [-0.4, -0.2) is 11.7 Å². The van der Waals surface area contributed by atoms with E-state index in [0.717, 1.165) is 11.4 Å². The van der Waals surface area contributed by atoms with Crippen molar-refractivity contribution in [2.24, 2.45) is 0 Å². The highest BCUT2D eigenvalue weighted by Gasteiger charge is 2.09. The van der Waals surface area contributed by atoms with Crippen molar-refractivity contribution in [2.45, 2.75) is 10.7 Å². The van der Waals surface area contributed by atoms with Gasteiger partial charge in [-0.05, 0) is 60.7 Å². The van der Waals surface area contributed by atoms with Crippen LogP contribution in [0.2, 0.25) is 0 Å². The molecule has 0 atom stereocenters. The first-order chi connectivity index (χ1) is 12.6. The van der Waals surface area contributed by atoms with Gasteiger partial charge in [-0.15, -0.1) is 0 Å². The Labute approximate surface area is 154 Å². The normalized spacial score (nSPS) is 10.6. The number of hydrogen-bond acceptors (Lipinski definition) is 3. The SMILES string of the molecule is O=C(Nc1ccc(Nc2ccccc2)cc1)c1ccc(SC(F)F)cc1. The van der Waals surface area contributed by atoms with Crippen LogP contribution >= 0.6 is 11.8 Å². The summed E-state index contributed by atoms with van der Waals surface area (Å²) < 4.78 is 24.6. The lowest BCUT2D eigenvalue weighted by Crippen LogP contribution is -2.11. The highest BCUT2D eigenvalue weighted by molar-refractivity contribution is 7.99. The molecule has 2 N–H and O–H groups in total. The van der Waals surface area contributed by atoms with E-state index in [-0.39, 0.29) is 5.91 Å². The number of rotatable bonds is 6. The summed E-state index contributed by atoms with van der Waals surface area (Å²) in [5.74, 6) is -2.76. The fraction of sp³-hybridized carbons (Fsp3) is 0.0500. The van der Waals surface area contributed by atoms with E-state index in [2.05, 4.69) is 10.6 Å². The average molecular weight is 370 g/mol. The fourth-order valence-corrected chi connectivity index (χ4v) is 2.82. The van der Waals surface area contributed by atoms with Gasteiger partial charge in [-0.25, -0.2) is 0 Å². The predicted octanol–water partition coefficient (Wildman–Crippen LogP) is 6.00. The van der Waals surface area contributed by atoms with Crippen LogP contribution in [0.25, 0.3) is 0 Å². The minimum atomic E-state index is -2.47. The van der Waals surface area contributed by atoms with Crippen molar-refractivity contribution >= 4 is 34.7 Å². The number of carbonyl (C=O) groups excluding carboxylic acids is 1. The molecule has 0 aliphatic rings. The second kappa shape index (κ2) is 8.49. The summed E-state index contributed by atoms with van der Waals surface area (Å²) in [6, 6.07) is 23.2. The van der Waals surface area contributed by atoms with E-state index < -0.39 is 5.76 Å². The fourth-order valence-electron chi connectivity index (χ4n) is 2.32. The standard InChI is InChI=1S/C20H16F2N2OS/c21-20(22)26-18-12-6-14(7-13-18)19(25)24-17-10-8-16(9-11-17)23-15-4-2-1-3-5-15/h1-13,20,23H,(H,24,25). The second-order valence-corrected chi connectivity index (χ2v) is 6.49. The van der Waals surface area contributed by atoms with Gasteiger partial charge in [0.15, 0.2) is 0 Å². The van der Waals surface area contributed by atoms with Gasteiger partial charge in [-0.1, -0.05) is 30.0 Å². The molecule has 1 amide bonds. The molecule has 0 radical (unpaired) electrons. The predicted molar refractivity (Wildman–Crippen MR) is 102 cm³/mol. The van der Waals surface area contributed by atoms with Crippen LogP contribution in [0.15, 0.2) is 83.8 Å². The van der Waals surface area contributed by atoms with Crippen molar-refractivity contribution in [2.75, 3.05) is 10.6 Å². The largest absolute Gasteiger partial charge is 0.356 e. The van der Waals surface area contributed by atoms with Crippen LogP contribution in [0.3, 0.4) is 0 Å². The molecular formula is C20H16F2N2OS. The average Bonchev–Trinajstić information content (AvgIpc) is 2.64. The number of nitrogens with one attached hydrogen (secondary N) is 2. The number of hydrogen-bond donors (Lipinski definition) is 2. The van der Waals surface area contributed by atoms with Crippen LogP contribution in [0.5, 0.6) is 0 Å². The van der Waals surface area contributed by atoms with Gasteiger partial charge in [-0.3, -0.25) is 4.79 Å². The van der Waals surface area contributed by atoms with Crippen LogP contribution in [0, 0.1) is 0 Å². The molecule has 0 aromatic heterocycles. The highest BCUT2D eigenvalue weighted by atomic mass is 32.2. The molecular weight excluding hydrogens is 354 g/mol. The van der Waals surface area contributed by atoms with Crippen LogP contribution in [0.4, 0.5) is 25.8 Å². The van der Waals surface area contributed by atoms with E-state index in [0.29, 0.717) is 27.9 Å². The zero-order valence-corrected chi connectivity index (χ0v) is 14.5. The number of para-hydroxylation sites is 1. The highest BCUT2D eigenvalue weighted by Crippen LogP contribution is 2.25. The zero-order chi connectivity index (χ0) is 18.4. The number of anilines is 3. The summed E-state index contributed by atoms with van der Waals surface area (Å²) in [5.41, 5.74) is 2.95. The summed E-state index contributed by atoms with van der Waals surface area (Å²) >= 11 is 0.453. The van der Waals surface area contributed by atoms with Gasteiger partial charge in [0.05, 0.1) is 0 Å². The third kappa shape index (κ3) is 5.07. The topological polar surface area (TPSA) is 41.1 Å². The third-order valence-corrected chi connectivity index (χ3v) is 4.27. The monoisotopic (exact) mass is 370 g/mol. The van der Waals surface area contributed by atoms with Crippen molar-refractivity contribution in [1.29, 1.82) is 0 Å². The van der Waals surface area contributed by atoms with E-state index in [1.807, 2.05) is 42.5 Å². The van der Waals surface area contributed by atoms with Crippen molar-refractivity contribution in [3.63, 3.8) is 0 Å². The molecule has 0 saturated heterocycles. The molecule has 0 aliphatic heterocycles. The summed E-state index contributed by atoms with van der Waals surface area (Å²) in [4.78, 5) is 12.7.